The lowest BCUT2D eigenvalue weighted by molar-refractivity contribution is 0.0468. The van der Waals surface area contributed by atoms with E-state index in [9.17, 15) is 18.4 Å². The Bertz CT molecular complexity index is 771. The lowest BCUT2D eigenvalue weighted by atomic mass is 10.1. The molecule has 0 amide bonds. The van der Waals surface area contributed by atoms with Gasteiger partial charge in [-0.2, -0.15) is 5.10 Å². The summed E-state index contributed by atoms with van der Waals surface area (Å²) in [7, 11) is 1.41. The zero-order valence-electron chi connectivity index (χ0n) is 13.6. The third-order valence-electron chi connectivity index (χ3n) is 3.50. The van der Waals surface area contributed by atoms with Crippen LogP contribution in [0.15, 0.2) is 18.2 Å². The number of rotatable bonds is 7. The number of aromatic amines is 1. The summed E-state index contributed by atoms with van der Waals surface area (Å²) < 4.78 is 36.9. The van der Waals surface area contributed by atoms with E-state index in [0.29, 0.717) is 11.4 Å². The quantitative estimate of drug-likeness (QED) is 0.444. The van der Waals surface area contributed by atoms with Crippen molar-refractivity contribution in [1.29, 1.82) is 0 Å². The summed E-state index contributed by atoms with van der Waals surface area (Å²) in [6.45, 7) is 0.779. The molecule has 0 radical (unpaired) electrons. The second kappa shape index (κ2) is 7.95. The molecule has 2 aromatic rings. The molecular weight excluding hydrogens is 336 g/mol. The van der Waals surface area contributed by atoms with Gasteiger partial charge in [-0.3, -0.25) is 9.89 Å². The molecule has 1 aromatic carbocycles. The molecule has 9 heteroatoms. The summed E-state index contributed by atoms with van der Waals surface area (Å²) in [5.74, 6) is -3.88. The van der Waals surface area contributed by atoms with Crippen LogP contribution in [0.2, 0.25) is 0 Å². The first-order valence-electron chi connectivity index (χ1n) is 7.31. The number of hydrogen-bond donors (Lipinski definition) is 2. The first kappa shape index (κ1) is 18.7. The van der Waals surface area contributed by atoms with Crippen molar-refractivity contribution in [3.63, 3.8) is 0 Å². The van der Waals surface area contributed by atoms with Crippen molar-refractivity contribution in [3.8, 4) is 0 Å². The molecule has 3 N–H and O–H groups in total. The Morgan fingerprint density at radius 3 is 2.52 bits per heavy atom. The molecule has 0 fully saturated rings. The maximum Gasteiger partial charge on any atom is 0.342 e. The minimum atomic E-state index is -1.02. The van der Waals surface area contributed by atoms with Crippen molar-refractivity contribution >= 4 is 11.8 Å². The smallest absolute Gasteiger partial charge is 0.342 e. The van der Waals surface area contributed by atoms with E-state index in [4.69, 9.17) is 15.2 Å². The van der Waals surface area contributed by atoms with Crippen LogP contribution in [0, 0.1) is 18.6 Å². The predicted molar refractivity (Wildman–Crippen MR) is 83.0 cm³/mol. The topological polar surface area (TPSA) is 107 Å². The van der Waals surface area contributed by atoms with Gasteiger partial charge in [-0.05, 0) is 19.1 Å². The van der Waals surface area contributed by atoms with Gasteiger partial charge in [-0.25, -0.2) is 13.6 Å². The van der Waals surface area contributed by atoms with Gasteiger partial charge in [0.05, 0.1) is 11.3 Å². The van der Waals surface area contributed by atoms with E-state index in [-0.39, 0.29) is 12.0 Å². The number of aromatic nitrogens is 2. The number of methoxy groups -OCH3 is 1. The average molecular weight is 353 g/mol. The number of nitrogens with two attached hydrogens (primary N) is 1. The molecule has 2 rings (SSSR count). The van der Waals surface area contributed by atoms with Gasteiger partial charge in [-0.15, -0.1) is 0 Å². The Balaban J connectivity index is 2.11. The van der Waals surface area contributed by atoms with Crippen LogP contribution < -0.4 is 5.73 Å². The second-order valence-corrected chi connectivity index (χ2v) is 5.24. The van der Waals surface area contributed by atoms with Crippen molar-refractivity contribution in [2.45, 2.75) is 19.6 Å². The van der Waals surface area contributed by atoms with E-state index in [0.717, 1.165) is 18.2 Å². The van der Waals surface area contributed by atoms with Crippen LogP contribution in [0.25, 0.3) is 0 Å². The molecule has 134 valence electrons. The molecule has 1 atom stereocenters. The minimum absolute atomic E-state index is 0.106. The summed E-state index contributed by atoms with van der Waals surface area (Å²) in [6.07, 6.45) is -0.537. The van der Waals surface area contributed by atoms with Gasteiger partial charge in [0.1, 0.15) is 23.4 Å². The Hall–Kier alpha value is -2.65. The van der Waals surface area contributed by atoms with Gasteiger partial charge in [-0.1, -0.05) is 6.07 Å². The lowest BCUT2D eigenvalue weighted by Crippen LogP contribution is -2.26. The standard InChI is InChI=1S/C16H17F2N3O4/c1-8-14(11(21-20-8)6-13(19)24-2)16(23)25-7-12(22)15-9(17)4-3-5-10(15)18/h3-5,13H,6-7,19H2,1-2H3,(H,20,21)/t13-/m0/s1. The molecule has 0 aliphatic rings. The van der Waals surface area contributed by atoms with Crippen molar-refractivity contribution in [2.75, 3.05) is 13.7 Å². The third kappa shape index (κ3) is 4.25. The largest absolute Gasteiger partial charge is 0.454 e. The third-order valence-corrected chi connectivity index (χ3v) is 3.50. The fraction of sp³-hybridized carbons (Fsp3) is 0.312. The Labute approximate surface area is 142 Å². The normalized spacial score (nSPS) is 12.0. The molecule has 0 aliphatic carbocycles. The van der Waals surface area contributed by atoms with Gasteiger partial charge in [0.25, 0.3) is 0 Å². The molecule has 0 saturated carbocycles. The summed E-state index contributed by atoms with van der Waals surface area (Å²) in [6, 6.07) is 3.03. The predicted octanol–water partition coefficient (Wildman–Crippen LogP) is 1.51. The first-order chi connectivity index (χ1) is 11.8. The fourth-order valence-electron chi connectivity index (χ4n) is 2.21. The van der Waals surface area contributed by atoms with E-state index in [1.54, 1.807) is 6.92 Å². The van der Waals surface area contributed by atoms with Crippen molar-refractivity contribution in [1.82, 2.24) is 10.2 Å². The van der Waals surface area contributed by atoms with Crippen LogP contribution in [-0.2, 0) is 15.9 Å². The highest BCUT2D eigenvalue weighted by atomic mass is 19.1. The highest BCUT2D eigenvalue weighted by Gasteiger charge is 2.24. The van der Waals surface area contributed by atoms with Crippen molar-refractivity contribution in [2.24, 2.45) is 5.73 Å². The molecule has 0 spiro atoms. The molecule has 1 heterocycles. The van der Waals surface area contributed by atoms with E-state index < -0.39 is 41.8 Å². The second-order valence-electron chi connectivity index (χ2n) is 5.24. The number of carbonyl (C=O) groups excluding carboxylic acids is 2. The van der Waals surface area contributed by atoms with Gasteiger partial charge in [0.2, 0.25) is 5.78 Å². The fourth-order valence-corrected chi connectivity index (χ4v) is 2.21. The number of halogens is 2. The van der Waals surface area contributed by atoms with E-state index in [2.05, 4.69) is 10.2 Å². The van der Waals surface area contributed by atoms with Crippen LogP contribution in [0.5, 0.6) is 0 Å². The highest BCUT2D eigenvalue weighted by molar-refractivity contribution is 6.00. The number of ketones is 1. The monoisotopic (exact) mass is 353 g/mol. The maximum absolute atomic E-state index is 13.6. The van der Waals surface area contributed by atoms with E-state index in [1.807, 2.05) is 0 Å². The maximum atomic E-state index is 13.6. The van der Waals surface area contributed by atoms with Gasteiger partial charge >= 0.3 is 5.97 Å². The van der Waals surface area contributed by atoms with E-state index in [1.165, 1.54) is 7.11 Å². The van der Waals surface area contributed by atoms with Gasteiger partial charge in [0, 0.05) is 19.2 Å². The SMILES string of the molecule is CO[C@H](N)Cc1n[nH]c(C)c1C(=O)OCC(=O)c1c(F)cccc1F. The highest BCUT2D eigenvalue weighted by Crippen LogP contribution is 2.16. The molecule has 0 aliphatic heterocycles. The average Bonchev–Trinajstić information content (AvgIpc) is 2.92. The van der Waals surface area contributed by atoms with Crippen LogP contribution in [-0.4, -0.2) is 41.9 Å². The van der Waals surface area contributed by atoms with Gasteiger partial charge in [0.15, 0.2) is 6.61 Å². The number of Topliss-reactive ketones (excluding diaryl/α,β-unsaturated/α-hetero) is 1. The molecule has 25 heavy (non-hydrogen) atoms. The number of hydrogen-bond acceptors (Lipinski definition) is 6. The van der Waals surface area contributed by atoms with Crippen molar-refractivity contribution < 1.29 is 27.8 Å². The number of esters is 1. The first-order valence-corrected chi connectivity index (χ1v) is 7.31. The minimum Gasteiger partial charge on any atom is -0.454 e. The van der Waals surface area contributed by atoms with Crippen molar-refractivity contribution in [3.05, 3.63) is 52.3 Å². The Morgan fingerprint density at radius 2 is 1.92 bits per heavy atom. The molecule has 0 unspecified atom stereocenters. The number of carbonyl (C=O) groups is 2. The number of H-pyrrole nitrogens is 1. The van der Waals surface area contributed by atoms with Crippen LogP contribution >= 0.6 is 0 Å². The number of nitrogens with one attached hydrogen (secondary N) is 1. The zero-order valence-corrected chi connectivity index (χ0v) is 13.6. The van der Waals surface area contributed by atoms with Crippen LogP contribution in [0.1, 0.15) is 32.1 Å². The van der Waals surface area contributed by atoms with Crippen LogP contribution in [0.3, 0.4) is 0 Å². The van der Waals surface area contributed by atoms with Crippen LogP contribution in [0.4, 0.5) is 8.78 Å². The summed E-state index contributed by atoms with van der Waals surface area (Å²) >= 11 is 0. The molecule has 0 bridgehead atoms. The molecular formula is C16H17F2N3O4. The van der Waals surface area contributed by atoms with E-state index >= 15 is 0 Å². The molecule has 1 aromatic heterocycles. The lowest BCUT2D eigenvalue weighted by Gasteiger charge is -2.09. The summed E-state index contributed by atoms with van der Waals surface area (Å²) in [4.78, 5) is 24.2. The zero-order chi connectivity index (χ0) is 18.6. The number of aryl methyl sites for hydroxylation is 1. The number of benzene rings is 1. The number of ether oxygens (including phenoxy) is 2. The Kier molecular flexibility index (Phi) is 5.94. The summed E-state index contributed by atoms with van der Waals surface area (Å²) in [5.41, 5.74) is 5.72. The molecule has 7 nitrogen and oxygen atoms in total. The number of nitrogens with zero attached hydrogens (tertiary/aromatic N) is 1. The summed E-state index contributed by atoms with van der Waals surface area (Å²) in [5, 5.41) is 6.57. The molecule has 0 saturated heterocycles. The van der Waals surface area contributed by atoms with Gasteiger partial charge < -0.3 is 15.2 Å². The Morgan fingerprint density at radius 1 is 1.28 bits per heavy atom.